The molecule has 3 aromatic heterocycles. The zero-order valence-electron chi connectivity index (χ0n) is 17.8. The van der Waals surface area contributed by atoms with E-state index >= 15 is 0 Å². The van der Waals surface area contributed by atoms with E-state index in [0.717, 1.165) is 67.6 Å². The van der Waals surface area contributed by atoms with Crippen molar-refractivity contribution in [3.05, 3.63) is 53.7 Å². The molecule has 0 spiro atoms. The van der Waals surface area contributed by atoms with Crippen LogP contribution in [0.5, 0.6) is 0 Å². The van der Waals surface area contributed by atoms with Gasteiger partial charge in [0.15, 0.2) is 5.16 Å². The Hall–Kier alpha value is -2.78. The highest BCUT2D eigenvalue weighted by Gasteiger charge is 2.21. The van der Waals surface area contributed by atoms with Crippen molar-refractivity contribution in [3.63, 3.8) is 0 Å². The van der Waals surface area contributed by atoms with Crippen LogP contribution in [0.3, 0.4) is 0 Å². The Kier molecular flexibility index (Phi) is 6.93. The first-order valence-electron chi connectivity index (χ1n) is 10.4. The highest BCUT2D eigenvalue weighted by atomic mass is 32.2. The molecule has 8 nitrogen and oxygen atoms in total. The average molecular weight is 439 g/mol. The number of amides is 1. The molecule has 4 heterocycles. The van der Waals surface area contributed by atoms with Crippen molar-refractivity contribution in [2.24, 2.45) is 0 Å². The zero-order chi connectivity index (χ0) is 21.6. The first kappa shape index (κ1) is 21.5. The normalized spacial score (nSPS) is 15.1. The van der Waals surface area contributed by atoms with E-state index in [1.807, 2.05) is 43.0 Å². The molecule has 0 atom stereocenters. The molecule has 0 radical (unpaired) electrons. The van der Waals surface area contributed by atoms with Gasteiger partial charge in [0.1, 0.15) is 5.76 Å². The van der Waals surface area contributed by atoms with E-state index in [9.17, 15) is 4.79 Å². The molecule has 0 aliphatic carbocycles. The summed E-state index contributed by atoms with van der Waals surface area (Å²) in [5.41, 5.74) is 3.65. The molecule has 1 saturated heterocycles. The third-order valence-corrected chi connectivity index (χ3v) is 6.24. The van der Waals surface area contributed by atoms with Crippen molar-refractivity contribution in [2.45, 2.75) is 32.0 Å². The first-order chi connectivity index (χ1) is 15.1. The lowest BCUT2D eigenvalue weighted by Gasteiger charge is -2.21. The van der Waals surface area contributed by atoms with E-state index in [4.69, 9.17) is 4.52 Å². The fourth-order valence-corrected chi connectivity index (χ4v) is 4.35. The van der Waals surface area contributed by atoms with Gasteiger partial charge < -0.3 is 9.42 Å². The fraction of sp³-hybridized carbons (Fsp3) is 0.409. The van der Waals surface area contributed by atoms with Crippen molar-refractivity contribution in [1.82, 2.24) is 29.9 Å². The highest BCUT2D eigenvalue weighted by Crippen LogP contribution is 2.20. The molecule has 0 N–H and O–H groups in total. The summed E-state index contributed by atoms with van der Waals surface area (Å²) in [5, 5.41) is 4.63. The molecule has 0 bridgehead atoms. The number of pyridine rings is 1. The van der Waals surface area contributed by atoms with Gasteiger partial charge >= 0.3 is 0 Å². The SMILES string of the molecule is Cc1noc(C)c1CN1CCCN(C(=O)CSc2nccc(-c3ccccn3)n2)CC1. The van der Waals surface area contributed by atoms with Gasteiger partial charge in [-0.25, -0.2) is 9.97 Å². The van der Waals surface area contributed by atoms with Crippen LogP contribution in [-0.4, -0.2) is 67.7 Å². The molecule has 1 fully saturated rings. The summed E-state index contributed by atoms with van der Waals surface area (Å²) in [4.78, 5) is 30.3. The van der Waals surface area contributed by atoms with Gasteiger partial charge in [0.05, 0.1) is 22.8 Å². The van der Waals surface area contributed by atoms with Crippen molar-refractivity contribution in [2.75, 3.05) is 31.9 Å². The monoisotopic (exact) mass is 438 g/mol. The number of hydrogen-bond acceptors (Lipinski definition) is 8. The van der Waals surface area contributed by atoms with Crippen molar-refractivity contribution in [1.29, 1.82) is 0 Å². The van der Waals surface area contributed by atoms with Crippen LogP contribution in [0.1, 0.15) is 23.4 Å². The molecule has 4 rings (SSSR count). The Labute approximate surface area is 186 Å². The van der Waals surface area contributed by atoms with E-state index < -0.39 is 0 Å². The molecule has 1 amide bonds. The van der Waals surface area contributed by atoms with Crippen molar-refractivity contribution >= 4 is 17.7 Å². The zero-order valence-corrected chi connectivity index (χ0v) is 18.6. The number of hydrogen-bond donors (Lipinski definition) is 0. The summed E-state index contributed by atoms with van der Waals surface area (Å²) < 4.78 is 5.28. The molecule has 0 unspecified atom stereocenters. The maximum Gasteiger partial charge on any atom is 0.233 e. The second kappa shape index (κ2) is 10.0. The number of carbonyl (C=O) groups is 1. The quantitative estimate of drug-likeness (QED) is 0.429. The van der Waals surface area contributed by atoms with E-state index in [2.05, 4.69) is 25.0 Å². The Morgan fingerprint density at radius 2 is 1.97 bits per heavy atom. The second-order valence-electron chi connectivity index (χ2n) is 7.54. The minimum atomic E-state index is 0.121. The Morgan fingerprint density at radius 1 is 1.06 bits per heavy atom. The standard InChI is InChI=1S/C22H26N6O2S/c1-16-18(17(2)30-26-16)14-27-10-5-11-28(13-12-27)21(29)15-31-22-24-9-7-20(25-22)19-6-3-4-8-23-19/h3-4,6-9H,5,10-15H2,1-2H3. The van der Waals surface area contributed by atoms with Crippen LogP contribution in [0.2, 0.25) is 0 Å². The Balaban J connectivity index is 1.30. The number of thioether (sulfide) groups is 1. The van der Waals surface area contributed by atoms with Crippen LogP contribution in [-0.2, 0) is 11.3 Å². The van der Waals surface area contributed by atoms with Gasteiger partial charge in [-0.2, -0.15) is 0 Å². The second-order valence-corrected chi connectivity index (χ2v) is 8.48. The fourth-order valence-electron chi connectivity index (χ4n) is 3.61. The molecule has 9 heteroatoms. The average Bonchev–Trinajstić information content (AvgIpc) is 2.98. The van der Waals surface area contributed by atoms with Gasteiger partial charge in [-0.3, -0.25) is 14.7 Å². The van der Waals surface area contributed by atoms with E-state index in [1.165, 1.54) is 11.8 Å². The van der Waals surface area contributed by atoms with E-state index in [1.54, 1.807) is 12.4 Å². The summed E-state index contributed by atoms with van der Waals surface area (Å²) in [6.45, 7) is 8.02. The van der Waals surface area contributed by atoms with Gasteiger partial charge in [-0.1, -0.05) is 23.0 Å². The minimum absolute atomic E-state index is 0.121. The van der Waals surface area contributed by atoms with Gasteiger partial charge in [0.25, 0.3) is 0 Å². The van der Waals surface area contributed by atoms with E-state index in [0.29, 0.717) is 10.9 Å². The molecule has 0 saturated carbocycles. The summed E-state index contributed by atoms with van der Waals surface area (Å²) >= 11 is 1.37. The Morgan fingerprint density at radius 3 is 2.74 bits per heavy atom. The molecular weight excluding hydrogens is 412 g/mol. The largest absolute Gasteiger partial charge is 0.361 e. The summed E-state index contributed by atoms with van der Waals surface area (Å²) in [6.07, 6.45) is 4.40. The van der Waals surface area contributed by atoms with Crippen molar-refractivity contribution < 1.29 is 9.32 Å². The lowest BCUT2D eigenvalue weighted by Crippen LogP contribution is -2.36. The molecular formula is C22H26N6O2S. The number of aromatic nitrogens is 4. The molecule has 1 aliphatic rings. The lowest BCUT2D eigenvalue weighted by atomic mass is 10.2. The summed E-state index contributed by atoms with van der Waals surface area (Å²) in [5.74, 6) is 1.32. The molecule has 31 heavy (non-hydrogen) atoms. The molecule has 162 valence electrons. The van der Waals surface area contributed by atoms with Crippen LogP contribution in [0.15, 0.2) is 46.3 Å². The van der Waals surface area contributed by atoms with E-state index in [-0.39, 0.29) is 5.91 Å². The minimum Gasteiger partial charge on any atom is -0.361 e. The molecule has 1 aliphatic heterocycles. The van der Waals surface area contributed by atoms with Crippen LogP contribution in [0, 0.1) is 13.8 Å². The first-order valence-corrected chi connectivity index (χ1v) is 11.4. The summed E-state index contributed by atoms with van der Waals surface area (Å²) in [7, 11) is 0. The van der Waals surface area contributed by atoms with Gasteiger partial charge in [0.2, 0.25) is 5.91 Å². The predicted octanol–water partition coefficient (Wildman–Crippen LogP) is 2.97. The topological polar surface area (TPSA) is 88.3 Å². The van der Waals surface area contributed by atoms with Gasteiger partial charge in [-0.05, 0) is 38.5 Å². The number of nitrogens with zero attached hydrogens (tertiary/aromatic N) is 6. The van der Waals surface area contributed by atoms with Crippen LogP contribution >= 0.6 is 11.8 Å². The van der Waals surface area contributed by atoms with Gasteiger partial charge in [-0.15, -0.1) is 0 Å². The maximum absolute atomic E-state index is 12.8. The maximum atomic E-state index is 12.8. The number of carbonyl (C=O) groups excluding carboxylic acids is 1. The van der Waals surface area contributed by atoms with Gasteiger partial charge in [0, 0.05) is 50.7 Å². The lowest BCUT2D eigenvalue weighted by molar-refractivity contribution is -0.128. The smallest absolute Gasteiger partial charge is 0.233 e. The summed E-state index contributed by atoms with van der Waals surface area (Å²) in [6, 6.07) is 7.54. The number of rotatable bonds is 6. The molecule has 3 aromatic rings. The number of aryl methyl sites for hydroxylation is 2. The predicted molar refractivity (Wildman–Crippen MR) is 118 cm³/mol. The van der Waals surface area contributed by atoms with Crippen LogP contribution < -0.4 is 0 Å². The highest BCUT2D eigenvalue weighted by molar-refractivity contribution is 7.99. The third-order valence-electron chi connectivity index (χ3n) is 5.39. The molecule has 0 aromatic carbocycles. The Bertz CT molecular complexity index is 1010. The van der Waals surface area contributed by atoms with Crippen LogP contribution in [0.25, 0.3) is 11.4 Å². The van der Waals surface area contributed by atoms with Crippen molar-refractivity contribution in [3.8, 4) is 11.4 Å². The van der Waals surface area contributed by atoms with Crippen LogP contribution in [0.4, 0.5) is 0 Å². The third kappa shape index (κ3) is 5.48.